The van der Waals surface area contributed by atoms with Crippen LogP contribution in [-0.4, -0.2) is 17.6 Å². The Morgan fingerprint density at radius 3 is 2.89 bits per heavy atom. The van der Waals surface area contributed by atoms with Crippen LogP contribution < -0.4 is 10.1 Å². The molecule has 5 heteroatoms. The summed E-state index contributed by atoms with van der Waals surface area (Å²) in [6.07, 6.45) is 3.19. The summed E-state index contributed by atoms with van der Waals surface area (Å²) in [7, 11) is 0. The third-order valence-electron chi connectivity index (χ3n) is 3.23. The molecular weight excluding hydrogens is 283 g/mol. The molecule has 1 atom stereocenters. The van der Waals surface area contributed by atoms with E-state index in [0.717, 1.165) is 41.7 Å². The van der Waals surface area contributed by atoms with Crippen molar-refractivity contribution in [3.8, 4) is 5.75 Å². The van der Waals surface area contributed by atoms with E-state index in [2.05, 4.69) is 23.3 Å². The van der Waals surface area contributed by atoms with Gasteiger partial charge in [0.05, 0.1) is 5.52 Å². The Balaban J connectivity index is 0.000000902. The van der Waals surface area contributed by atoms with Gasteiger partial charge in [-0.3, -0.25) is 4.98 Å². The fraction of sp³-hybridized carbons (Fsp3) is 0.357. The number of hydrogen-bond donors (Lipinski definition) is 1. The van der Waals surface area contributed by atoms with Crippen LogP contribution in [0.3, 0.4) is 0 Å². The normalized spacial score (nSPS) is 17.4. The molecule has 0 unspecified atom stereocenters. The number of nitrogens with one attached hydrogen (secondary N) is 1. The van der Waals surface area contributed by atoms with Crippen molar-refractivity contribution in [2.45, 2.75) is 26.0 Å². The second-order valence-corrected chi connectivity index (χ2v) is 4.41. The van der Waals surface area contributed by atoms with E-state index in [4.69, 9.17) is 4.74 Å². The highest BCUT2D eigenvalue weighted by Gasteiger charge is 2.18. The molecule has 0 saturated heterocycles. The first-order valence-corrected chi connectivity index (χ1v) is 6.12. The molecule has 0 aliphatic carbocycles. The fourth-order valence-corrected chi connectivity index (χ4v) is 2.23. The SMILES string of the molecule is CC[C@@H]1CNCc2cnc3ccccc3c2O1.Cl.Cl. The summed E-state index contributed by atoms with van der Waals surface area (Å²) in [5.41, 5.74) is 2.16. The third-order valence-corrected chi connectivity index (χ3v) is 3.23. The van der Waals surface area contributed by atoms with E-state index in [1.54, 1.807) is 0 Å². The average molecular weight is 301 g/mol. The number of aromatic nitrogens is 1. The molecule has 1 aliphatic heterocycles. The van der Waals surface area contributed by atoms with E-state index >= 15 is 0 Å². The Bertz CT molecular complexity index is 548. The molecule has 0 radical (unpaired) electrons. The Morgan fingerprint density at radius 1 is 1.32 bits per heavy atom. The zero-order valence-corrected chi connectivity index (χ0v) is 12.4. The lowest BCUT2D eigenvalue weighted by atomic mass is 10.1. The minimum absolute atomic E-state index is 0. The van der Waals surface area contributed by atoms with Crippen molar-refractivity contribution in [3.05, 3.63) is 36.0 Å². The van der Waals surface area contributed by atoms with E-state index in [9.17, 15) is 0 Å². The Kier molecular flexibility index (Phi) is 5.85. The lowest BCUT2D eigenvalue weighted by molar-refractivity contribution is 0.204. The number of ether oxygens (including phenoxy) is 1. The second kappa shape index (κ2) is 6.94. The van der Waals surface area contributed by atoms with Gasteiger partial charge in [-0.1, -0.05) is 19.1 Å². The minimum atomic E-state index is 0. The van der Waals surface area contributed by atoms with Gasteiger partial charge in [0.15, 0.2) is 0 Å². The first-order valence-electron chi connectivity index (χ1n) is 6.12. The quantitative estimate of drug-likeness (QED) is 0.877. The Morgan fingerprint density at radius 2 is 2.11 bits per heavy atom. The van der Waals surface area contributed by atoms with Crippen LogP contribution in [0.15, 0.2) is 30.5 Å². The van der Waals surface area contributed by atoms with Crippen LogP contribution in [-0.2, 0) is 6.54 Å². The molecule has 0 amide bonds. The smallest absolute Gasteiger partial charge is 0.135 e. The molecule has 104 valence electrons. The van der Waals surface area contributed by atoms with Gasteiger partial charge >= 0.3 is 0 Å². The van der Waals surface area contributed by atoms with Crippen LogP contribution in [0.4, 0.5) is 0 Å². The standard InChI is InChI=1S/C14H16N2O.2ClH/c1-2-11-9-15-7-10-8-16-13-6-4-3-5-12(13)14(10)17-11;;/h3-6,8,11,15H,2,7,9H2,1H3;2*1H/t11-;;/m1../s1. The van der Waals surface area contributed by atoms with Crippen LogP contribution in [0.1, 0.15) is 18.9 Å². The number of pyridine rings is 1. The monoisotopic (exact) mass is 300 g/mol. The minimum Gasteiger partial charge on any atom is -0.488 e. The molecule has 3 nitrogen and oxygen atoms in total. The molecule has 0 saturated carbocycles. The van der Waals surface area contributed by atoms with Gasteiger partial charge in [-0.05, 0) is 18.6 Å². The molecule has 2 aromatic rings. The Hall–Kier alpha value is -1.03. The number of halogens is 2. The highest BCUT2D eigenvalue weighted by Crippen LogP contribution is 2.30. The van der Waals surface area contributed by atoms with Gasteiger partial charge < -0.3 is 10.1 Å². The molecule has 0 bridgehead atoms. The highest BCUT2D eigenvalue weighted by molar-refractivity contribution is 5.86. The number of benzene rings is 1. The van der Waals surface area contributed by atoms with E-state index in [1.807, 2.05) is 24.4 Å². The maximum absolute atomic E-state index is 6.12. The molecule has 0 spiro atoms. The second-order valence-electron chi connectivity index (χ2n) is 4.41. The summed E-state index contributed by atoms with van der Waals surface area (Å²) in [5, 5.41) is 4.52. The predicted octanol–water partition coefficient (Wildman–Crippen LogP) is 3.34. The zero-order valence-electron chi connectivity index (χ0n) is 10.8. The van der Waals surface area contributed by atoms with Gasteiger partial charge in [-0.25, -0.2) is 0 Å². The molecular formula is C14H18Cl2N2O. The number of hydrogen-bond acceptors (Lipinski definition) is 3. The van der Waals surface area contributed by atoms with Crippen molar-refractivity contribution in [2.75, 3.05) is 6.54 Å². The first-order chi connectivity index (χ1) is 8.38. The van der Waals surface area contributed by atoms with Gasteiger partial charge in [0.25, 0.3) is 0 Å². The molecule has 3 rings (SSSR count). The highest BCUT2D eigenvalue weighted by atomic mass is 35.5. The van der Waals surface area contributed by atoms with E-state index < -0.39 is 0 Å². The summed E-state index contributed by atoms with van der Waals surface area (Å²) in [4.78, 5) is 4.47. The van der Waals surface area contributed by atoms with Crippen LogP contribution in [0.2, 0.25) is 0 Å². The topological polar surface area (TPSA) is 34.2 Å². The first kappa shape index (κ1) is 16.0. The summed E-state index contributed by atoms with van der Waals surface area (Å²) in [6.45, 7) is 3.89. The number of fused-ring (bicyclic) bond motifs is 3. The number of rotatable bonds is 1. The van der Waals surface area contributed by atoms with Crippen LogP contribution in [0.5, 0.6) is 5.75 Å². The van der Waals surface area contributed by atoms with Crippen molar-refractivity contribution in [1.29, 1.82) is 0 Å². The van der Waals surface area contributed by atoms with Crippen molar-refractivity contribution in [1.82, 2.24) is 10.3 Å². The largest absolute Gasteiger partial charge is 0.488 e. The fourth-order valence-electron chi connectivity index (χ4n) is 2.23. The van der Waals surface area contributed by atoms with Gasteiger partial charge in [-0.2, -0.15) is 0 Å². The van der Waals surface area contributed by atoms with Crippen molar-refractivity contribution in [3.63, 3.8) is 0 Å². The lowest BCUT2D eigenvalue weighted by Gasteiger charge is -2.16. The maximum atomic E-state index is 6.12. The molecule has 2 heterocycles. The number of nitrogens with zero attached hydrogens (tertiary/aromatic N) is 1. The summed E-state index contributed by atoms with van der Waals surface area (Å²) in [6, 6.07) is 8.15. The molecule has 1 aliphatic rings. The van der Waals surface area contributed by atoms with Crippen molar-refractivity contribution >= 4 is 35.7 Å². The maximum Gasteiger partial charge on any atom is 0.135 e. The molecule has 0 fully saturated rings. The molecule has 1 aromatic heterocycles. The van der Waals surface area contributed by atoms with Gasteiger partial charge in [0.1, 0.15) is 11.9 Å². The zero-order chi connectivity index (χ0) is 11.7. The van der Waals surface area contributed by atoms with Crippen molar-refractivity contribution in [2.24, 2.45) is 0 Å². The lowest BCUT2D eigenvalue weighted by Crippen LogP contribution is -2.27. The van der Waals surface area contributed by atoms with E-state index in [-0.39, 0.29) is 30.9 Å². The van der Waals surface area contributed by atoms with E-state index in [0.29, 0.717) is 0 Å². The van der Waals surface area contributed by atoms with Crippen LogP contribution >= 0.6 is 24.8 Å². The molecule has 1 N–H and O–H groups in total. The van der Waals surface area contributed by atoms with Gasteiger partial charge in [-0.15, -0.1) is 24.8 Å². The number of para-hydroxylation sites is 1. The molecule has 1 aromatic carbocycles. The summed E-state index contributed by atoms with van der Waals surface area (Å²) >= 11 is 0. The van der Waals surface area contributed by atoms with E-state index in [1.165, 1.54) is 0 Å². The third kappa shape index (κ3) is 3.11. The summed E-state index contributed by atoms with van der Waals surface area (Å²) < 4.78 is 6.12. The van der Waals surface area contributed by atoms with Crippen molar-refractivity contribution < 1.29 is 4.74 Å². The van der Waals surface area contributed by atoms with Crippen LogP contribution in [0, 0.1) is 0 Å². The molecule has 19 heavy (non-hydrogen) atoms. The predicted molar refractivity (Wildman–Crippen MR) is 82.7 cm³/mol. The van der Waals surface area contributed by atoms with Crippen LogP contribution in [0.25, 0.3) is 10.9 Å². The van der Waals surface area contributed by atoms with Gasteiger partial charge in [0.2, 0.25) is 0 Å². The van der Waals surface area contributed by atoms with Gasteiger partial charge in [0, 0.05) is 30.2 Å². The summed E-state index contributed by atoms with van der Waals surface area (Å²) in [5.74, 6) is 1.01. The average Bonchev–Trinajstić information content (AvgIpc) is 2.60. The Labute approximate surface area is 125 Å².